The molecule has 0 aliphatic heterocycles. The molecule has 0 saturated carbocycles. The van der Waals surface area contributed by atoms with E-state index in [4.69, 9.17) is 0 Å². The van der Waals surface area contributed by atoms with Gasteiger partial charge in [0.15, 0.2) is 0 Å². The number of hydrogen-bond acceptors (Lipinski definition) is 0. The lowest BCUT2D eigenvalue weighted by molar-refractivity contribution is 0.630. The molecule has 0 aromatic heterocycles. The number of halogens is 2. The van der Waals surface area contributed by atoms with Gasteiger partial charge in [-0.15, -0.1) is 0 Å². The van der Waals surface area contributed by atoms with E-state index < -0.39 is 0 Å². The number of aryl methyl sites for hydroxylation is 4. The molecule has 0 spiro atoms. The summed E-state index contributed by atoms with van der Waals surface area (Å²) in [5.41, 5.74) is 3.93. The molecule has 0 atom stereocenters. The fraction of sp³-hybridized carbons (Fsp3) is 0.167. The molecule has 4 rings (SSSR count). The molecule has 0 radical (unpaired) electrons. The molecule has 4 aromatic rings. The largest absolute Gasteiger partial charge is 0.206 e. The zero-order valence-electron chi connectivity index (χ0n) is 15.5. The molecule has 0 heterocycles. The van der Waals surface area contributed by atoms with Crippen molar-refractivity contribution in [3.63, 3.8) is 0 Å². The molecule has 0 nitrogen and oxygen atoms in total. The quantitative estimate of drug-likeness (QED) is 0.315. The van der Waals surface area contributed by atoms with E-state index in [1.807, 2.05) is 75.4 Å². The average molecular weight is 348 g/mol. The summed E-state index contributed by atoms with van der Waals surface area (Å²) >= 11 is 0. The smallest absolute Gasteiger partial charge is 0.133 e. The molecule has 132 valence electrons. The van der Waals surface area contributed by atoms with Crippen molar-refractivity contribution >= 4 is 21.5 Å². The van der Waals surface area contributed by atoms with Crippen molar-refractivity contribution < 1.29 is 8.78 Å². The maximum absolute atomic E-state index is 13.5. The maximum atomic E-state index is 13.5. The van der Waals surface area contributed by atoms with Gasteiger partial charge in [-0.1, -0.05) is 59.7 Å². The summed E-state index contributed by atoms with van der Waals surface area (Å²) < 4.78 is 27.0. The van der Waals surface area contributed by atoms with Crippen LogP contribution in [-0.2, 0) is 0 Å². The third-order valence-corrected chi connectivity index (χ3v) is 4.51. The van der Waals surface area contributed by atoms with Gasteiger partial charge in [0.1, 0.15) is 11.6 Å². The minimum atomic E-state index is -0.126. The van der Waals surface area contributed by atoms with Gasteiger partial charge in [-0.05, 0) is 61.7 Å². The van der Waals surface area contributed by atoms with Crippen LogP contribution in [0, 0.1) is 39.3 Å². The Kier molecular flexibility index (Phi) is 5.03. The summed E-state index contributed by atoms with van der Waals surface area (Å²) in [6.07, 6.45) is 0. The van der Waals surface area contributed by atoms with Crippen molar-refractivity contribution in [2.24, 2.45) is 0 Å². The molecule has 26 heavy (non-hydrogen) atoms. The third-order valence-electron chi connectivity index (χ3n) is 4.51. The van der Waals surface area contributed by atoms with E-state index in [9.17, 15) is 8.78 Å². The van der Waals surface area contributed by atoms with E-state index in [0.29, 0.717) is 16.3 Å². The van der Waals surface area contributed by atoms with E-state index in [0.717, 1.165) is 27.5 Å². The number of benzene rings is 4. The Morgan fingerprint density at radius 1 is 0.538 bits per heavy atom. The highest BCUT2D eigenvalue weighted by Crippen LogP contribution is 2.22. The third kappa shape index (κ3) is 3.75. The van der Waals surface area contributed by atoms with Gasteiger partial charge < -0.3 is 0 Å². The molecule has 0 amide bonds. The van der Waals surface area contributed by atoms with Crippen molar-refractivity contribution in [2.45, 2.75) is 27.7 Å². The Morgan fingerprint density at radius 2 is 1.12 bits per heavy atom. The molecule has 0 aliphatic carbocycles. The van der Waals surface area contributed by atoms with Crippen LogP contribution in [0.3, 0.4) is 0 Å². The Hall–Kier alpha value is -2.74. The first-order valence-corrected chi connectivity index (χ1v) is 8.67. The lowest BCUT2D eigenvalue weighted by atomic mass is 10.0. The Bertz CT molecular complexity index is 1080. The number of rotatable bonds is 0. The van der Waals surface area contributed by atoms with Gasteiger partial charge in [0, 0.05) is 10.8 Å². The summed E-state index contributed by atoms with van der Waals surface area (Å²) in [5.74, 6) is -0.226. The van der Waals surface area contributed by atoms with Crippen LogP contribution in [-0.4, -0.2) is 0 Å². The molecule has 4 aromatic carbocycles. The summed E-state index contributed by atoms with van der Waals surface area (Å²) in [4.78, 5) is 0. The SMILES string of the molecule is Cc1cc(F)c2cc(C)ccc2c1.Cc1ccc2c(F)c(C)ccc2c1. The Labute approximate surface area is 153 Å². The summed E-state index contributed by atoms with van der Waals surface area (Å²) in [6.45, 7) is 7.67. The van der Waals surface area contributed by atoms with E-state index in [-0.39, 0.29) is 11.6 Å². The van der Waals surface area contributed by atoms with Gasteiger partial charge >= 0.3 is 0 Å². The van der Waals surface area contributed by atoms with Crippen molar-refractivity contribution in [1.29, 1.82) is 0 Å². The fourth-order valence-electron chi connectivity index (χ4n) is 3.09. The minimum Gasteiger partial charge on any atom is -0.206 e. The van der Waals surface area contributed by atoms with E-state index in [2.05, 4.69) is 0 Å². The molecular weight excluding hydrogens is 326 g/mol. The monoisotopic (exact) mass is 348 g/mol. The molecule has 0 N–H and O–H groups in total. The summed E-state index contributed by atoms with van der Waals surface area (Å²) in [6, 6.07) is 19.0. The van der Waals surface area contributed by atoms with Crippen LogP contribution in [0.15, 0.2) is 60.7 Å². The van der Waals surface area contributed by atoms with Crippen LogP contribution in [0.2, 0.25) is 0 Å². The lowest BCUT2D eigenvalue weighted by Gasteiger charge is -2.02. The first-order chi connectivity index (χ1) is 12.3. The van der Waals surface area contributed by atoms with Crippen molar-refractivity contribution in [2.75, 3.05) is 0 Å². The van der Waals surface area contributed by atoms with Gasteiger partial charge in [-0.3, -0.25) is 0 Å². The molecule has 2 heteroatoms. The van der Waals surface area contributed by atoms with Gasteiger partial charge in [0.05, 0.1) is 0 Å². The Balaban J connectivity index is 0.000000151. The van der Waals surface area contributed by atoms with Gasteiger partial charge in [0.2, 0.25) is 0 Å². The first kappa shape index (κ1) is 18.1. The predicted molar refractivity (Wildman–Crippen MR) is 107 cm³/mol. The highest BCUT2D eigenvalue weighted by atomic mass is 19.1. The summed E-state index contributed by atoms with van der Waals surface area (Å²) in [5, 5.41) is 3.38. The van der Waals surface area contributed by atoms with Crippen LogP contribution in [0.1, 0.15) is 22.3 Å². The second-order valence-corrected chi connectivity index (χ2v) is 6.89. The minimum absolute atomic E-state index is 0.0995. The first-order valence-electron chi connectivity index (χ1n) is 8.67. The van der Waals surface area contributed by atoms with Crippen LogP contribution >= 0.6 is 0 Å². The highest BCUT2D eigenvalue weighted by molar-refractivity contribution is 5.85. The van der Waals surface area contributed by atoms with Crippen molar-refractivity contribution in [3.8, 4) is 0 Å². The van der Waals surface area contributed by atoms with Crippen molar-refractivity contribution in [3.05, 3.63) is 94.6 Å². The molecule has 0 saturated heterocycles. The molecule has 0 fully saturated rings. The average Bonchev–Trinajstić information content (AvgIpc) is 2.59. The maximum Gasteiger partial charge on any atom is 0.133 e. The molecule has 0 aliphatic rings. The van der Waals surface area contributed by atoms with Crippen LogP contribution in [0.5, 0.6) is 0 Å². The van der Waals surface area contributed by atoms with Gasteiger partial charge in [0.25, 0.3) is 0 Å². The molecule has 0 unspecified atom stereocenters. The topological polar surface area (TPSA) is 0 Å². The lowest BCUT2D eigenvalue weighted by Crippen LogP contribution is -1.85. The number of hydrogen-bond donors (Lipinski definition) is 0. The fourth-order valence-corrected chi connectivity index (χ4v) is 3.09. The normalized spacial score (nSPS) is 10.7. The Morgan fingerprint density at radius 3 is 1.88 bits per heavy atom. The van der Waals surface area contributed by atoms with Gasteiger partial charge in [-0.2, -0.15) is 0 Å². The van der Waals surface area contributed by atoms with E-state index >= 15 is 0 Å². The van der Waals surface area contributed by atoms with Crippen LogP contribution < -0.4 is 0 Å². The van der Waals surface area contributed by atoms with Crippen molar-refractivity contribution in [1.82, 2.24) is 0 Å². The zero-order chi connectivity index (χ0) is 18.8. The molecular formula is C24H22F2. The van der Waals surface area contributed by atoms with Crippen LogP contribution in [0.25, 0.3) is 21.5 Å². The van der Waals surface area contributed by atoms with E-state index in [1.165, 1.54) is 0 Å². The second-order valence-electron chi connectivity index (χ2n) is 6.89. The van der Waals surface area contributed by atoms with Gasteiger partial charge in [-0.25, -0.2) is 8.78 Å². The van der Waals surface area contributed by atoms with E-state index in [1.54, 1.807) is 13.0 Å². The zero-order valence-corrected chi connectivity index (χ0v) is 15.5. The number of fused-ring (bicyclic) bond motifs is 2. The standard InChI is InChI=1S/2C12H11F/c1-8-3-6-11-10(7-8)5-4-9(2)12(11)13;1-8-3-4-10-5-9(2)7-12(13)11(10)6-8/h2*3-7H,1-2H3. The second kappa shape index (κ2) is 7.25. The predicted octanol–water partition coefficient (Wildman–Crippen LogP) is 7.19. The summed E-state index contributed by atoms with van der Waals surface area (Å²) in [7, 11) is 0. The van der Waals surface area contributed by atoms with Crippen LogP contribution in [0.4, 0.5) is 8.78 Å². The highest BCUT2D eigenvalue weighted by Gasteiger charge is 2.03. The molecule has 0 bridgehead atoms.